The molecule has 2 fully saturated rings. The number of nitrogens with zero attached hydrogens (tertiary/aromatic N) is 4. The van der Waals surface area contributed by atoms with Crippen LogP contribution in [0.25, 0.3) is 11.3 Å². The van der Waals surface area contributed by atoms with Crippen molar-refractivity contribution in [3.05, 3.63) is 54.4 Å². The zero-order valence-corrected chi connectivity index (χ0v) is 23.2. The predicted molar refractivity (Wildman–Crippen MR) is 146 cm³/mol. The fourth-order valence-electron chi connectivity index (χ4n) is 4.91. The van der Waals surface area contributed by atoms with E-state index >= 15 is 0 Å². The largest absolute Gasteiger partial charge is 0.487 e. The quantitative estimate of drug-likeness (QED) is 0.373. The lowest BCUT2D eigenvalue weighted by Crippen LogP contribution is -2.27. The minimum absolute atomic E-state index is 0.164. The van der Waals surface area contributed by atoms with Crippen LogP contribution in [-0.2, 0) is 14.6 Å². The molecule has 0 saturated carbocycles. The van der Waals surface area contributed by atoms with Crippen LogP contribution in [0.1, 0.15) is 42.3 Å². The zero-order valence-electron chi connectivity index (χ0n) is 21.6. The smallest absolute Gasteiger partial charge is 0.420 e. The summed E-state index contributed by atoms with van der Waals surface area (Å²) < 4.78 is 62.2. The summed E-state index contributed by atoms with van der Waals surface area (Å²) in [6.07, 6.45) is 7.26. The summed E-state index contributed by atoms with van der Waals surface area (Å²) in [4.78, 5) is 19.7. The molecule has 5 rings (SSSR count). The van der Waals surface area contributed by atoms with E-state index in [1.54, 1.807) is 16.9 Å². The van der Waals surface area contributed by atoms with Gasteiger partial charge in [-0.2, -0.15) is 5.10 Å². The Labute approximate surface area is 235 Å². The second-order valence-corrected chi connectivity index (χ2v) is 12.6. The van der Waals surface area contributed by atoms with Crippen LogP contribution in [-0.4, -0.2) is 65.9 Å². The molecule has 10 nitrogen and oxygen atoms in total. The summed E-state index contributed by atoms with van der Waals surface area (Å²) in [5, 5.41) is 6.70. The number of hydrogen-bond acceptors (Lipinski definition) is 8. The first kappa shape index (κ1) is 28.2. The number of aromatic nitrogens is 3. The van der Waals surface area contributed by atoms with Crippen molar-refractivity contribution in [2.75, 3.05) is 36.2 Å². The van der Waals surface area contributed by atoms with Crippen molar-refractivity contribution < 1.29 is 31.5 Å². The molecule has 4 heterocycles. The number of benzene rings is 1. The van der Waals surface area contributed by atoms with Crippen molar-refractivity contribution in [1.82, 2.24) is 14.8 Å². The summed E-state index contributed by atoms with van der Waals surface area (Å²) in [5.41, 5.74) is -1.96. The normalized spacial score (nSPS) is 19.9. The van der Waals surface area contributed by atoms with E-state index in [9.17, 15) is 22.0 Å². The third kappa shape index (κ3) is 6.53. The molecule has 2 atom stereocenters. The first-order chi connectivity index (χ1) is 19.0. The highest BCUT2D eigenvalue weighted by Gasteiger charge is 2.33. The number of carbonyl (C=O) groups excluding carboxylic acids is 1. The highest BCUT2D eigenvalue weighted by atomic mass is 35.5. The Kier molecular flexibility index (Phi) is 7.98. The van der Waals surface area contributed by atoms with Crippen LogP contribution in [0.5, 0.6) is 5.75 Å². The summed E-state index contributed by atoms with van der Waals surface area (Å²) in [6, 6.07) is 8.83. The van der Waals surface area contributed by atoms with Crippen molar-refractivity contribution in [1.29, 1.82) is 0 Å². The molecule has 0 aliphatic carbocycles. The minimum atomic E-state index is -3.85. The van der Waals surface area contributed by atoms with Crippen molar-refractivity contribution in [3.8, 4) is 17.0 Å². The van der Waals surface area contributed by atoms with Gasteiger partial charge in [0, 0.05) is 61.2 Å². The monoisotopic (exact) mass is 595 g/mol. The van der Waals surface area contributed by atoms with Gasteiger partial charge in [-0.05, 0) is 62.1 Å². The molecule has 14 heteroatoms. The van der Waals surface area contributed by atoms with Gasteiger partial charge < -0.3 is 19.7 Å². The highest BCUT2D eigenvalue weighted by Crippen LogP contribution is 2.36. The molecule has 0 spiro atoms. The number of nitrogens with one attached hydrogen (secondary N) is 1. The second-order valence-electron chi connectivity index (χ2n) is 9.79. The van der Waals surface area contributed by atoms with Gasteiger partial charge in [0.1, 0.15) is 11.6 Å². The van der Waals surface area contributed by atoms with E-state index in [1.165, 1.54) is 36.7 Å². The Morgan fingerprint density at radius 2 is 1.98 bits per heavy atom. The maximum Gasteiger partial charge on any atom is 0.487 e. The van der Waals surface area contributed by atoms with Gasteiger partial charge in [-0.1, -0.05) is 0 Å². The van der Waals surface area contributed by atoms with Gasteiger partial charge >= 0.3 is 5.57 Å². The van der Waals surface area contributed by atoms with Crippen LogP contribution in [0, 0.1) is 0 Å². The number of hydrogen-bond donors (Lipinski definition) is 1. The average Bonchev–Trinajstić information content (AvgIpc) is 3.60. The number of carbonyl (C=O) groups is 1. The number of sulfone groups is 1. The van der Waals surface area contributed by atoms with Crippen LogP contribution in [0.4, 0.5) is 20.3 Å². The van der Waals surface area contributed by atoms with Gasteiger partial charge in [0.05, 0.1) is 16.5 Å². The third-order valence-corrected chi connectivity index (χ3v) is 8.57. The van der Waals surface area contributed by atoms with Gasteiger partial charge in [0.15, 0.2) is 16.1 Å². The molecular weight excluding hydrogens is 568 g/mol. The lowest BCUT2D eigenvalue weighted by molar-refractivity contribution is -0.0964. The number of anilines is 2. The molecule has 2 aliphatic heterocycles. The van der Waals surface area contributed by atoms with E-state index in [1.807, 2.05) is 11.0 Å². The Balaban J connectivity index is 1.45. The van der Waals surface area contributed by atoms with E-state index in [-0.39, 0.29) is 24.1 Å². The minimum Gasteiger partial charge on any atom is -0.420 e. The molecule has 0 bridgehead atoms. The first-order valence-electron chi connectivity index (χ1n) is 12.7. The fourth-order valence-corrected chi connectivity index (χ4v) is 5.98. The maximum absolute atomic E-state index is 13.2. The molecule has 3 aromatic rings. The third-order valence-electron chi connectivity index (χ3n) is 6.90. The second kappa shape index (κ2) is 11.3. The molecule has 0 radical (unpaired) electrons. The van der Waals surface area contributed by atoms with Crippen LogP contribution in [0.2, 0.25) is 0 Å². The van der Waals surface area contributed by atoms with Crippen LogP contribution >= 0.6 is 11.6 Å². The van der Waals surface area contributed by atoms with Crippen LogP contribution in [0.15, 0.2) is 48.8 Å². The lowest BCUT2D eigenvalue weighted by Gasteiger charge is -2.26. The lowest BCUT2D eigenvalue weighted by atomic mass is 10.1. The fraction of sp³-hybridized carbons (Fsp3) is 0.423. The SMILES string of the molecule is CS(=O)(=O)C1CCN(c2ncc(C(=O)Nc3ccc(OC(F)(F)Cl)cc3)cc2-c2ccnn2C2CCCCO2)C1. The van der Waals surface area contributed by atoms with Crippen molar-refractivity contribution in [2.45, 2.75) is 42.7 Å². The van der Waals surface area contributed by atoms with Crippen molar-refractivity contribution in [2.24, 2.45) is 0 Å². The summed E-state index contributed by atoms with van der Waals surface area (Å²) in [7, 11) is -3.23. The Bertz CT molecular complexity index is 1470. The molecular formula is C26H28ClF2N5O5S. The zero-order chi connectivity index (χ0) is 28.5. The number of alkyl halides is 3. The van der Waals surface area contributed by atoms with Gasteiger partial charge in [-0.25, -0.2) is 18.1 Å². The van der Waals surface area contributed by atoms with Gasteiger partial charge in [-0.15, -0.1) is 8.78 Å². The predicted octanol–water partition coefficient (Wildman–Crippen LogP) is 4.69. The molecule has 214 valence electrons. The summed E-state index contributed by atoms with van der Waals surface area (Å²) in [5.74, 6) is -0.0988. The molecule has 2 unspecified atom stereocenters. The van der Waals surface area contributed by atoms with E-state index in [4.69, 9.17) is 16.3 Å². The number of pyridine rings is 1. The molecule has 2 aromatic heterocycles. The van der Waals surface area contributed by atoms with E-state index in [2.05, 4.69) is 20.1 Å². The number of halogens is 3. The van der Waals surface area contributed by atoms with Gasteiger partial charge in [-0.3, -0.25) is 4.79 Å². The molecule has 2 aliphatic rings. The van der Waals surface area contributed by atoms with Gasteiger partial charge in [0.2, 0.25) is 0 Å². The first-order valence-corrected chi connectivity index (χ1v) is 15.1. The maximum atomic E-state index is 13.2. The van der Waals surface area contributed by atoms with E-state index < -0.39 is 26.6 Å². The standard InChI is InChI=1S/C26H28ClF2N5O5S/c1-40(36,37)20-10-12-33(16-20)24-21(22-9-11-31-34(22)23-4-2-3-13-38-23)14-17(15-30-24)25(35)32-18-5-7-19(8-6-18)39-26(27,28)29/h5-9,11,14-15,20,23H,2-4,10,12-13,16H2,1H3,(H,32,35). The Hall–Kier alpha value is -3.29. The van der Waals surface area contributed by atoms with Gasteiger partial charge in [0.25, 0.3) is 5.91 Å². The molecule has 1 amide bonds. The topological polar surface area (TPSA) is 116 Å². The van der Waals surface area contributed by atoms with Crippen molar-refractivity contribution in [3.63, 3.8) is 0 Å². The molecule has 1 N–H and O–H groups in total. The number of amides is 1. The summed E-state index contributed by atoms with van der Waals surface area (Å²) in [6.45, 7) is 1.40. The molecule has 40 heavy (non-hydrogen) atoms. The van der Waals surface area contributed by atoms with Crippen molar-refractivity contribution >= 4 is 38.9 Å². The highest BCUT2D eigenvalue weighted by molar-refractivity contribution is 7.91. The summed E-state index contributed by atoms with van der Waals surface area (Å²) >= 11 is 4.80. The Morgan fingerprint density at radius 1 is 1.20 bits per heavy atom. The van der Waals surface area contributed by atoms with E-state index in [0.29, 0.717) is 42.3 Å². The van der Waals surface area contributed by atoms with E-state index in [0.717, 1.165) is 19.3 Å². The van der Waals surface area contributed by atoms with Crippen LogP contribution < -0.4 is 15.0 Å². The molecule has 1 aromatic carbocycles. The Morgan fingerprint density at radius 3 is 2.62 bits per heavy atom. The molecule has 2 saturated heterocycles. The average molecular weight is 596 g/mol. The van der Waals surface area contributed by atoms with Crippen LogP contribution in [0.3, 0.4) is 0 Å². The number of rotatable bonds is 8. The number of ether oxygens (including phenoxy) is 2.